The summed E-state index contributed by atoms with van der Waals surface area (Å²) in [7, 11) is 0. The summed E-state index contributed by atoms with van der Waals surface area (Å²) in [6, 6.07) is 14.8. The Labute approximate surface area is 126 Å². The first-order chi connectivity index (χ1) is 9.63. The Morgan fingerprint density at radius 3 is 2.55 bits per heavy atom. The second kappa shape index (κ2) is 7.10. The molecule has 0 aliphatic rings. The van der Waals surface area contributed by atoms with Gasteiger partial charge in [-0.15, -0.1) is 0 Å². The van der Waals surface area contributed by atoms with Crippen molar-refractivity contribution in [2.24, 2.45) is 0 Å². The molecule has 0 saturated heterocycles. The molecular weight excluding hydrogens is 318 g/mol. The van der Waals surface area contributed by atoms with Crippen molar-refractivity contribution in [2.45, 2.75) is 12.8 Å². The second-order valence-corrected chi connectivity index (χ2v) is 5.49. The van der Waals surface area contributed by atoms with Crippen molar-refractivity contribution in [3.63, 3.8) is 0 Å². The predicted molar refractivity (Wildman–Crippen MR) is 82.7 cm³/mol. The monoisotopic (exact) mass is 333 g/mol. The molecule has 0 heterocycles. The summed E-state index contributed by atoms with van der Waals surface area (Å²) in [5, 5.41) is 12.2. The number of halogens is 1. The van der Waals surface area contributed by atoms with E-state index < -0.39 is 0 Å². The summed E-state index contributed by atoms with van der Waals surface area (Å²) in [6.07, 6.45) is 1.09. The molecule has 2 aromatic carbocycles. The number of amides is 1. The zero-order valence-corrected chi connectivity index (χ0v) is 12.6. The maximum Gasteiger partial charge on any atom is 0.224 e. The van der Waals surface area contributed by atoms with Gasteiger partial charge in [0.15, 0.2) is 0 Å². The first-order valence-electron chi connectivity index (χ1n) is 6.42. The van der Waals surface area contributed by atoms with Gasteiger partial charge in [0.1, 0.15) is 5.75 Å². The van der Waals surface area contributed by atoms with E-state index in [1.165, 1.54) is 0 Å². The lowest BCUT2D eigenvalue weighted by molar-refractivity contribution is -0.120. The van der Waals surface area contributed by atoms with Crippen molar-refractivity contribution in [1.82, 2.24) is 5.32 Å². The molecule has 4 heteroatoms. The predicted octanol–water partition coefficient (Wildman–Crippen LogP) is 3.06. The van der Waals surface area contributed by atoms with E-state index in [0.29, 0.717) is 19.4 Å². The Kier molecular flexibility index (Phi) is 5.18. The summed E-state index contributed by atoms with van der Waals surface area (Å²) in [5.74, 6) is 0.260. The van der Waals surface area contributed by atoms with Gasteiger partial charge in [0, 0.05) is 11.0 Å². The Hall–Kier alpha value is -1.81. The van der Waals surface area contributed by atoms with Crippen LogP contribution in [0.3, 0.4) is 0 Å². The van der Waals surface area contributed by atoms with Gasteiger partial charge in [-0.2, -0.15) is 0 Å². The normalized spacial score (nSPS) is 10.2. The fourth-order valence-corrected chi connectivity index (χ4v) is 2.17. The number of benzene rings is 2. The smallest absolute Gasteiger partial charge is 0.224 e. The lowest BCUT2D eigenvalue weighted by Crippen LogP contribution is -2.27. The maximum absolute atomic E-state index is 11.8. The number of hydrogen-bond acceptors (Lipinski definition) is 2. The number of hydrogen-bond donors (Lipinski definition) is 2. The summed E-state index contributed by atoms with van der Waals surface area (Å²) < 4.78 is 1.01. The molecule has 20 heavy (non-hydrogen) atoms. The zero-order chi connectivity index (χ0) is 14.4. The average Bonchev–Trinajstić information content (AvgIpc) is 2.41. The molecule has 0 fully saturated rings. The van der Waals surface area contributed by atoms with Crippen LogP contribution in [0.25, 0.3) is 0 Å². The van der Waals surface area contributed by atoms with Crippen LogP contribution in [0.15, 0.2) is 53.0 Å². The van der Waals surface area contributed by atoms with E-state index in [-0.39, 0.29) is 11.7 Å². The molecule has 0 radical (unpaired) electrons. The van der Waals surface area contributed by atoms with E-state index >= 15 is 0 Å². The topological polar surface area (TPSA) is 49.3 Å². The SMILES string of the molecule is O=C(Cc1ccc(Br)cc1)NCCc1cccc(O)c1. The van der Waals surface area contributed by atoms with E-state index in [9.17, 15) is 9.90 Å². The van der Waals surface area contributed by atoms with E-state index in [4.69, 9.17) is 0 Å². The third-order valence-electron chi connectivity index (χ3n) is 2.92. The molecule has 0 aliphatic carbocycles. The molecular formula is C16H16BrNO2. The highest BCUT2D eigenvalue weighted by molar-refractivity contribution is 9.10. The fraction of sp³-hybridized carbons (Fsp3) is 0.188. The standard InChI is InChI=1S/C16H16BrNO2/c17-14-6-4-13(5-7-14)11-16(20)18-9-8-12-2-1-3-15(19)10-12/h1-7,10,19H,8-9,11H2,(H,18,20). The van der Waals surface area contributed by atoms with E-state index in [1.54, 1.807) is 18.2 Å². The molecule has 0 saturated carbocycles. The maximum atomic E-state index is 11.8. The van der Waals surface area contributed by atoms with Crippen LogP contribution in [0.1, 0.15) is 11.1 Å². The Morgan fingerprint density at radius 2 is 1.85 bits per heavy atom. The fourth-order valence-electron chi connectivity index (χ4n) is 1.91. The van der Waals surface area contributed by atoms with Crippen LogP contribution in [-0.2, 0) is 17.6 Å². The van der Waals surface area contributed by atoms with E-state index in [0.717, 1.165) is 15.6 Å². The van der Waals surface area contributed by atoms with Gasteiger partial charge in [-0.1, -0.05) is 40.2 Å². The number of phenolic OH excluding ortho intramolecular Hbond substituents is 1. The van der Waals surface area contributed by atoms with Crippen molar-refractivity contribution in [2.75, 3.05) is 6.54 Å². The van der Waals surface area contributed by atoms with Crippen molar-refractivity contribution < 1.29 is 9.90 Å². The molecule has 0 atom stereocenters. The van der Waals surface area contributed by atoms with Crippen LogP contribution in [0.2, 0.25) is 0 Å². The molecule has 104 valence electrons. The van der Waals surface area contributed by atoms with Crippen LogP contribution >= 0.6 is 15.9 Å². The molecule has 3 nitrogen and oxygen atoms in total. The Bertz CT molecular complexity index is 581. The number of rotatable bonds is 5. The summed E-state index contributed by atoms with van der Waals surface area (Å²) >= 11 is 3.36. The minimum atomic E-state index is 0.00692. The first kappa shape index (κ1) is 14.6. The summed E-state index contributed by atoms with van der Waals surface area (Å²) in [4.78, 5) is 11.8. The Morgan fingerprint density at radius 1 is 1.10 bits per heavy atom. The molecule has 0 unspecified atom stereocenters. The third kappa shape index (κ3) is 4.70. The van der Waals surface area contributed by atoms with Crippen molar-refractivity contribution in [3.05, 3.63) is 64.1 Å². The molecule has 0 aliphatic heterocycles. The third-order valence-corrected chi connectivity index (χ3v) is 3.45. The van der Waals surface area contributed by atoms with Crippen LogP contribution in [-0.4, -0.2) is 17.6 Å². The molecule has 0 bridgehead atoms. The van der Waals surface area contributed by atoms with Crippen molar-refractivity contribution in [1.29, 1.82) is 0 Å². The number of carbonyl (C=O) groups excluding carboxylic acids is 1. The zero-order valence-electron chi connectivity index (χ0n) is 11.0. The van der Waals surface area contributed by atoms with Gasteiger partial charge >= 0.3 is 0 Å². The quantitative estimate of drug-likeness (QED) is 0.883. The number of phenols is 1. The van der Waals surface area contributed by atoms with Crippen molar-refractivity contribution >= 4 is 21.8 Å². The molecule has 2 aromatic rings. The van der Waals surface area contributed by atoms with Crippen LogP contribution < -0.4 is 5.32 Å². The molecule has 0 spiro atoms. The van der Waals surface area contributed by atoms with Gasteiger partial charge in [0.25, 0.3) is 0 Å². The van der Waals surface area contributed by atoms with Crippen molar-refractivity contribution in [3.8, 4) is 5.75 Å². The lowest BCUT2D eigenvalue weighted by atomic mass is 10.1. The molecule has 2 rings (SSSR count). The highest BCUT2D eigenvalue weighted by atomic mass is 79.9. The number of aromatic hydroxyl groups is 1. The van der Waals surface area contributed by atoms with E-state index in [2.05, 4.69) is 21.2 Å². The average molecular weight is 334 g/mol. The molecule has 2 N–H and O–H groups in total. The Balaban J connectivity index is 1.76. The van der Waals surface area contributed by atoms with Gasteiger partial charge < -0.3 is 10.4 Å². The summed E-state index contributed by atoms with van der Waals surface area (Å²) in [6.45, 7) is 0.568. The van der Waals surface area contributed by atoms with Gasteiger partial charge in [0.2, 0.25) is 5.91 Å². The molecule has 0 aromatic heterocycles. The number of carbonyl (C=O) groups is 1. The highest BCUT2D eigenvalue weighted by Gasteiger charge is 2.03. The minimum Gasteiger partial charge on any atom is -0.508 e. The van der Waals surface area contributed by atoms with Crippen LogP contribution in [0.4, 0.5) is 0 Å². The molecule has 1 amide bonds. The van der Waals surface area contributed by atoms with Crippen LogP contribution in [0, 0.1) is 0 Å². The second-order valence-electron chi connectivity index (χ2n) is 4.57. The largest absolute Gasteiger partial charge is 0.508 e. The summed E-state index contributed by atoms with van der Waals surface area (Å²) in [5.41, 5.74) is 2.00. The lowest BCUT2D eigenvalue weighted by Gasteiger charge is -2.06. The first-order valence-corrected chi connectivity index (χ1v) is 7.22. The van der Waals surface area contributed by atoms with Gasteiger partial charge in [-0.05, 0) is 41.8 Å². The highest BCUT2D eigenvalue weighted by Crippen LogP contribution is 2.12. The minimum absolute atomic E-state index is 0.00692. The van der Waals surface area contributed by atoms with Crippen LogP contribution in [0.5, 0.6) is 5.75 Å². The van der Waals surface area contributed by atoms with Gasteiger partial charge in [-0.25, -0.2) is 0 Å². The van der Waals surface area contributed by atoms with Gasteiger partial charge in [0.05, 0.1) is 6.42 Å². The number of nitrogens with one attached hydrogen (secondary N) is 1. The van der Waals surface area contributed by atoms with E-state index in [1.807, 2.05) is 30.3 Å². The van der Waals surface area contributed by atoms with Gasteiger partial charge in [-0.3, -0.25) is 4.79 Å².